The topological polar surface area (TPSA) is 66.2 Å². The third-order valence-corrected chi connectivity index (χ3v) is 4.02. The van der Waals surface area contributed by atoms with Crippen LogP contribution < -0.4 is 4.90 Å². The Bertz CT molecular complexity index is 675. The molecule has 1 aliphatic rings. The molecule has 0 spiro atoms. The molecule has 6 nitrogen and oxygen atoms in total. The van der Waals surface area contributed by atoms with Gasteiger partial charge in [0.1, 0.15) is 11.5 Å². The zero-order valence-corrected chi connectivity index (χ0v) is 13.1. The van der Waals surface area contributed by atoms with E-state index in [1.54, 1.807) is 12.1 Å². The largest absolute Gasteiger partial charge is 0.506 e. The molecular formula is C17H20N2O4. The molecule has 0 unspecified atom stereocenters. The van der Waals surface area contributed by atoms with Crippen molar-refractivity contribution in [2.75, 3.05) is 38.2 Å². The predicted octanol–water partition coefficient (Wildman–Crippen LogP) is 2.09. The first-order valence-electron chi connectivity index (χ1n) is 7.59. The number of rotatable bonds is 4. The van der Waals surface area contributed by atoms with Gasteiger partial charge in [-0.1, -0.05) is 12.1 Å². The number of phenols is 1. The van der Waals surface area contributed by atoms with Crippen molar-refractivity contribution in [3.63, 3.8) is 0 Å². The van der Waals surface area contributed by atoms with Gasteiger partial charge in [0.05, 0.1) is 19.3 Å². The van der Waals surface area contributed by atoms with Crippen LogP contribution in [0.2, 0.25) is 0 Å². The summed E-state index contributed by atoms with van der Waals surface area (Å²) in [5, 5.41) is 9.93. The Kier molecular flexibility index (Phi) is 4.52. The Balaban J connectivity index is 1.56. The quantitative estimate of drug-likeness (QED) is 0.871. The van der Waals surface area contributed by atoms with E-state index in [1.807, 2.05) is 24.3 Å². The highest BCUT2D eigenvalue weighted by Gasteiger charge is 2.20. The zero-order valence-electron chi connectivity index (χ0n) is 13.1. The maximum atomic E-state index is 11.4. The molecule has 1 N–H and O–H groups in total. The summed E-state index contributed by atoms with van der Waals surface area (Å²) in [6.07, 6.45) is 0. The number of para-hydroxylation sites is 2. The van der Waals surface area contributed by atoms with E-state index in [2.05, 4.69) is 14.5 Å². The number of anilines is 1. The minimum Gasteiger partial charge on any atom is -0.506 e. The molecule has 23 heavy (non-hydrogen) atoms. The van der Waals surface area contributed by atoms with Gasteiger partial charge in [-0.2, -0.15) is 0 Å². The highest BCUT2D eigenvalue weighted by molar-refractivity contribution is 5.86. The molecule has 122 valence electrons. The van der Waals surface area contributed by atoms with Crippen LogP contribution in [-0.2, 0) is 11.3 Å². The van der Waals surface area contributed by atoms with Gasteiger partial charge in [0.15, 0.2) is 0 Å². The second kappa shape index (κ2) is 6.75. The van der Waals surface area contributed by atoms with Gasteiger partial charge in [0.2, 0.25) is 5.76 Å². The molecule has 2 aromatic rings. The Labute approximate surface area is 134 Å². The summed E-state index contributed by atoms with van der Waals surface area (Å²) in [6.45, 7) is 4.06. The molecule has 1 saturated heterocycles. The first-order chi connectivity index (χ1) is 11.2. The lowest BCUT2D eigenvalue weighted by Crippen LogP contribution is -2.45. The highest BCUT2D eigenvalue weighted by atomic mass is 16.5. The summed E-state index contributed by atoms with van der Waals surface area (Å²) < 4.78 is 10.1. The van der Waals surface area contributed by atoms with Crippen molar-refractivity contribution in [1.29, 1.82) is 0 Å². The van der Waals surface area contributed by atoms with Gasteiger partial charge in [-0.25, -0.2) is 4.79 Å². The number of methoxy groups -OCH3 is 1. The summed E-state index contributed by atoms with van der Waals surface area (Å²) in [5.41, 5.74) is 0.873. The molecule has 1 aromatic heterocycles. The lowest BCUT2D eigenvalue weighted by atomic mass is 10.2. The molecule has 2 heterocycles. The van der Waals surface area contributed by atoms with Crippen LogP contribution in [0.25, 0.3) is 0 Å². The summed E-state index contributed by atoms with van der Waals surface area (Å²) in [7, 11) is 1.34. The zero-order chi connectivity index (χ0) is 16.2. The number of piperazine rings is 1. The van der Waals surface area contributed by atoms with E-state index in [4.69, 9.17) is 4.42 Å². The summed E-state index contributed by atoms with van der Waals surface area (Å²) in [4.78, 5) is 15.8. The second-order valence-electron chi connectivity index (χ2n) is 5.51. The van der Waals surface area contributed by atoms with Crippen LogP contribution in [0.15, 0.2) is 40.8 Å². The number of phenolic OH excluding ortho intramolecular Hbond substituents is 1. The first kappa shape index (κ1) is 15.4. The van der Waals surface area contributed by atoms with Crippen molar-refractivity contribution in [2.45, 2.75) is 6.54 Å². The SMILES string of the molecule is COC(=O)c1ccc(CN2CCN(c3ccccc3O)CC2)o1. The van der Waals surface area contributed by atoms with Crippen molar-refractivity contribution >= 4 is 11.7 Å². The summed E-state index contributed by atoms with van der Waals surface area (Å²) >= 11 is 0. The van der Waals surface area contributed by atoms with Gasteiger partial charge < -0.3 is 19.2 Å². The number of nitrogens with zero attached hydrogens (tertiary/aromatic N) is 2. The van der Waals surface area contributed by atoms with Gasteiger partial charge in [-0.3, -0.25) is 4.90 Å². The molecule has 1 aliphatic heterocycles. The van der Waals surface area contributed by atoms with Crippen LogP contribution in [0.5, 0.6) is 5.75 Å². The number of carbonyl (C=O) groups is 1. The van der Waals surface area contributed by atoms with E-state index in [0.29, 0.717) is 12.3 Å². The van der Waals surface area contributed by atoms with Gasteiger partial charge >= 0.3 is 5.97 Å². The average Bonchev–Trinajstić information content (AvgIpc) is 3.04. The maximum Gasteiger partial charge on any atom is 0.373 e. The molecule has 3 rings (SSSR count). The van der Waals surface area contributed by atoms with Crippen LogP contribution in [0.4, 0.5) is 5.69 Å². The molecule has 0 aliphatic carbocycles. The van der Waals surface area contributed by atoms with E-state index in [-0.39, 0.29) is 5.76 Å². The van der Waals surface area contributed by atoms with Crippen LogP contribution in [-0.4, -0.2) is 49.3 Å². The van der Waals surface area contributed by atoms with Crippen molar-refractivity contribution in [1.82, 2.24) is 4.90 Å². The molecule has 6 heteroatoms. The lowest BCUT2D eigenvalue weighted by Gasteiger charge is -2.35. The van der Waals surface area contributed by atoms with Gasteiger partial charge in [0.25, 0.3) is 0 Å². The Morgan fingerprint density at radius 3 is 2.61 bits per heavy atom. The fraction of sp³-hybridized carbons (Fsp3) is 0.353. The molecule has 0 amide bonds. The normalized spacial score (nSPS) is 15.6. The highest BCUT2D eigenvalue weighted by Crippen LogP contribution is 2.27. The lowest BCUT2D eigenvalue weighted by molar-refractivity contribution is 0.0561. The van der Waals surface area contributed by atoms with E-state index >= 15 is 0 Å². The van der Waals surface area contributed by atoms with Crippen molar-refractivity contribution in [3.8, 4) is 5.75 Å². The van der Waals surface area contributed by atoms with Gasteiger partial charge in [-0.15, -0.1) is 0 Å². The number of ether oxygens (including phenoxy) is 1. The predicted molar refractivity (Wildman–Crippen MR) is 85.6 cm³/mol. The van der Waals surface area contributed by atoms with Crippen molar-refractivity contribution in [2.24, 2.45) is 0 Å². The third-order valence-electron chi connectivity index (χ3n) is 4.02. The maximum absolute atomic E-state index is 11.4. The Hall–Kier alpha value is -2.47. The number of carbonyl (C=O) groups excluding carboxylic acids is 1. The number of hydrogen-bond donors (Lipinski definition) is 1. The standard InChI is InChI=1S/C17H20N2O4/c1-22-17(21)16-7-6-13(23-16)12-18-8-10-19(11-9-18)14-4-2-3-5-15(14)20/h2-7,20H,8-12H2,1H3. The Morgan fingerprint density at radius 1 is 1.17 bits per heavy atom. The second-order valence-corrected chi connectivity index (χ2v) is 5.51. The van der Waals surface area contributed by atoms with Crippen molar-refractivity contribution in [3.05, 3.63) is 47.9 Å². The monoisotopic (exact) mass is 316 g/mol. The molecule has 1 aromatic carbocycles. The third kappa shape index (κ3) is 3.48. The minimum absolute atomic E-state index is 0.232. The average molecular weight is 316 g/mol. The fourth-order valence-corrected chi connectivity index (χ4v) is 2.77. The molecule has 1 fully saturated rings. The van der Waals surface area contributed by atoms with Crippen LogP contribution in [0, 0.1) is 0 Å². The smallest absolute Gasteiger partial charge is 0.373 e. The summed E-state index contributed by atoms with van der Waals surface area (Å²) in [6, 6.07) is 10.8. The molecule has 0 atom stereocenters. The van der Waals surface area contributed by atoms with Crippen LogP contribution >= 0.6 is 0 Å². The van der Waals surface area contributed by atoms with Crippen LogP contribution in [0.3, 0.4) is 0 Å². The number of furan rings is 1. The number of hydrogen-bond acceptors (Lipinski definition) is 6. The number of esters is 1. The first-order valence-corrected chi connectivity index (χ1v) is 7.59. The summed E-state index contributed by atoms with van der Waals surface area (Å²) in [5.74, 6) is 0.840. The van der Waals surface area contributed by atoms with E-state index in [0.717, 1.165) is 37.6 Å². The van der Waals surface area contributed by atoms with Crippen molar-refractivity contribution < 1.29 is 19.1 Å². The molecular weight excluding hydrogens is 296 g/mol. The molecule has 0 radical (unpaired) electrons. The number of benzene rings is 1. The van der Waals surface area contributed by atoms with Gasteiger partial charge in [0, 0.05) is 26.2 Å². The van der Waals surface area contributed by atoms with E-state index in [1.165, 1.54) is 7.11 Å². The van der Waals surface area contributed by atoms with Crippen LogP contribution in [0.1, 0.15) is 16.3 Å². The fourth-order valence-electron chi connectivity index (χ4n) is 2.77. The van der Waals surface area contributed by atoms with E-state index in [9.17, 15) is 9.90 Å². The van der Waals surface area contributed by atoms with E-state index < -0.39 is 5.97 Å². The molecule has 0 saturated carbocycles. The number of aromatic hydroxyl groups is 1. The Morgan fingerprint density at radius 2 is 1.91 bits per heavy atom. The molecule has 0 bridgehead atoms. The van der Waals surface area contributed by atoms with Gasteiger partial charge in [-0.05, 0) is 24.3 Å². The minimum atomic E-state index is -0.458.